The average molecular weight is 492 g/mol. The number of hydrogen-bond donors (Lipinski definition) is 4. The van der Waals surface area contributed by atoms with Crippen molar-refractivity contribution in [1.29, 1.82) is 0 Å². The molecule has 1 aliphatic rings. The van der Waals surface area contributed by atoms with E-state index in [-0.39, 0.29) is 0 Å². The van der Waals surface area contributed by atoms with Crippen molar-refractivity contribution >= 4 is 17.9 Å². The molecule has 1 atom stereocenters. The molecular weight excluding hydrogens is 458 g/mol. The molecule has 1 aliphatic heterocycles. The van der Waals surface area contributed by atoms with Gasteiger partial charge in [0, 0.05) is 45.0 Å². The maximum absolute atomic E-state index is 10.3. The Morgan fingerprint density at radius 2 is 1.74 bits per heavy atom. The minimum absolute atomic E-state index is 0.376. The van der Waals surface area contributed by atoms with Crippen LogP contribution < -0.4 is 0 Å². The van der Waals surface area contributed by atoms with Crippen LogP contribution in [0.4, 0.5) is 0 Å². The summed E-state index contributed by atoms with van der Waals surface area (Å²) in [6.07, 6.45) is 2.58. The van der Waals surface area contributed by atoms with Crippen LogP contribution >= 0.6 is 0 Å². The number of rotatable bonds is 11. The third-order valence-electron chi connectivity index (χ3n) is 5.53. The van der Waals surface area contributed by atoms with Crippen LogP contribution in [0.15, 0.2) is 36.5 Å². The van der Waals surface area contributed by atoms with Crippen molar-refractivity contribution in [3.05, 3.63) is 53.3 Å². The molecule has 11 nitrogen and oxygen atoms in total. The quantitative estimate of drug-likeness (QED) is 0.364. The van der Waals surface area contributed by atoms with E-state index in [1.54, 1.807) is 0 Å². The SMILES string of the molecule is Cc1nn(C)cc1CN(Cc1ccccc1)CC1CCCO1.O=C(O)CC(O)(CC(=O)O)C(=O)O. The Hall–Kier alpha value is -3.28. The largest absolute Gasteiger partial charge is 0.481 e. The summed E-state index contributed by atoms with van der Waals surface area (Å²) in [6, 6.07) is 10.7. The molecule has 1 saturated heterocycles. The van der Waals surface area contributed by atoms with Crippen LogP contribution in [0.3, 0.4) is 0 Å². The van der Waals surface area contributed by atoms with E-state index in [0.29, 0.717) is 6.10 Å². The number of aliphatic hydroxyl groups is 1. The Labute approximate surface area is 203 Å². The molecule has 2 aromatic rings. The Kier molecular flexibility index (Phi) is 10.4. The highest BCUT2D eigenvalue weighted by Crippen LogP contribution is 2.18. The van der Waals surface area contributed by atoms with Crippen molar-refractivity contribution in [2.24, 2.45) is 7.05 Å². The van der Waals surface area contributed by atoms with Crippen LogP contribution in [0.1, 0.15) is 42.5 Å². The molecule has 192 valence electrons. The number of ether oxygens (including phenoxy) is 1. The van der Waals surface area contributed by atoms with E-state index in [9.17, 15) is 14.4 Å². The molecule has 0 spiro atoms. The zero-order valence-corrected chi connectivity index (χ0v) is 20.0. The van der Waals surface area contributed by atoms with Gasteiger partial charge >= 0.3 is 17.9 Å². The van der Waals surface area contributed by atoms with Crippen molar-refractivity contribution in [3.8, 4) is 0 Å². The van der Waals surface area contributed by atoms with Gasteiger partial charge in [0.15, 0.2) is 5.60 Å². The second-order valence-corrected chi connectivity index (χ2v) is 8.68. The maximum Gasteiger partial charge on any atom is 0.336 e. The van der Waals surface area contributed by atoms with E-state index in [1.165, 1.54) is 24.0 Å². The van der Waals surface area contributed by atoms with Gasteiger partial charge in [-0.2, -0.15) is 5.10 Å². The topological polar surface area (TPSA) is 162 Å². The van der Waals surface area contributed by atoms with E-state index < -0.39 is 36.4 Å². The molecule has 0 bridgehead atoms. The molecule has 1 fully saturated rings. The first kappa shape index (κ1) is 28.0. The van der Waals surface area contributed by atoms with Gasteiger partial charge in [-0.3, -0.25) is 19.2 Å². The fraction of sp³-hybridized carbons (Fsp3) is 0.500. The number of carboxylic acids is 3. The van der Waals surface area contributed by atoms with Crippen LogP contribution in [-0.2, 0) is 39.3 Å². The summed E-state index contributed by atoms with van der Waals surface area (Å²) in [4.78, 5) is 33.0. The summed E-state index contributed by atoms with van der Waals surface area (Å²) < 4.78 is 7.73. The standard InChI is InChI=1S/C18H25N3O.C6H8O7/c1-15-17(12-20(2)19-15)13-21(14-18-9-6-10-22-18)11-16-7-4-3-5-8-16;7-3(8)1-6(13,5(11)12)2-4(9)10/h3-5,7-8,12,18H,6,9-11,13-14H2,1-2H3;13H,1-2H2,(H,7,8)(H,9,10)(H,11,12). The number of benzene rings is 1. The van der Waals surface area contributed by atoms with Crippen LogP contribution in [0.2, 0.25) is 0 Å². The summed E-state index contributed by atoms with van der Waals surface area (Å²) in [5.41, 5.74) is 1.03. The van der Waals surface area contributed by atoms with E-state index >= 15 is 0 Å². The highest BCUT2D eigenvalue weighted by Gasteiger charge is 2.40. The summed E-state index contributed by atoms with van der Waals surface area (Å²) in [7, 11) is 1.98. The van der Waals surface area contributed by atoms with Gasteiger partial charge < -0.3 is 25.2 Å². The molecule has 0 aliphatic carbocycles. The van der Waals surface area contributed by atoms with Crippen LogP contribution in [0.5, 0.6) is 0 Å². The average Bonchev–Trinajstić information content (AvgIpc) is 3.37. The van der Waals surface area contributed by atoms with Crippen LogP contribution in [-0.4, -0.2) is 77.9 Å². The molecule has 1 aromatic carbocycles. The molecule has 0 saturated carbocycles. The normalized spacial score (nSPS) is 15.5. The number of aryl methyl sites for hydroxylation is 2. The Bertz CT molecular complexity index is 970. The molecule has 11 heteroatoms. The second kappa shape index (κ2) is 13.0. The number of aromatic nitrogens is 2. The maximum atomic E-state index is 10.3. The molecule has 4 N–H and O–H groups in total. The summed E-state index contributed by atoms with van der Waals surface area (Å²) in [5, 5.41) is 38.3. The van der Waals surface area contributed by atoms with Gasteiger partial charge in [-0.25, -0.2) is 4.79 Å². The molecule has 3 rings (SSSR count). The minimum atomic E-state index is -2.74. The van der Waals surface area contributed by atoms with Gasteiger partial charge in [-0.15, -0.1) is 0 Å². The van der Waals surface area contributed by atoms with Crippen molar-refractivity contribution in [2.45, 2.75) is 57.4 Å². The zero-order valence-electron chi connectivity index (χ0n) is 20.0. The molecule has 35 heavy (non-hydrogen) atoms. The highest BCUT2D eigenvalue weighted by molar-refractivity contribution is 5.88. The predicted molar refractivity (Wildman–Crippen MR) is 125 cm³/mol. The smallest absolute Gasteiger partial charge is 0.336 e. The first-order valence-corrected chi connectivity index (χ1v) is 11.2. The number of hydrogen-bond acceptors (Lipinski definition) is 7. The van der Waals surface area contributed by atoms with Crippen LogP contribution in [0.25, 0.3) is 0 Å². The van der Waals surface area contributed by atoms with Gasteiger partial charge in [0.25, 0.3) is 0 Å². The lowest BCUT2D eigenvalue weighted by Crippen LogP contribution is -2.42. The lowest BCUT2D eigenvalue weighted by Gasteiger charge is -2.25. The lowest BCUT2D eigenvalue weighted by atomic mass is 9.96. The van der Waals surface area contributed by atoms with E-state index in [2.05, 4.69) is 53.5 Å². The van der Waals surface area contributed by atoms with Crippen molar-refractivity contribution in [3.63, 3.8) is 0 Å². The minimum Gasteiger partial charge on any atom is -0.481 e. The van der Waals surface area contributed by atoms with Crippen molar-refractivity contribution < 1.29 is 39.5 Å². The van der Waals surface area contributed by atoms with Gasteiger partial charge in [-0.05, 0) is 25.3 Å². The first-order chi connectivity index (χ1) is 16.5. The monoisotopic (exact) mass is 491 g/mol. The van der Waals surface area contributed by atoms with Crippen molar-refractivity contribution in [1.82, 2.24) is 14.7 Å². The molecule has 0 amide bonds. The molecule has 1 aromatic heterocycles. The van der Waals surface area contributed by atoms with Gasteiger partial charge in [0.2, 0.25) is 0 Å². The van der Waals surface area contributed by atoms with E-state index in [4.69, 9.17) is 25.2 Å². The summed E-state index contributed by atoms with van der Waals surface area (Å²) in [6.45, 7) is 5.87. The molecular formula is C24H33N3O8. The van der Waals surface area contributed by atoms with Gasteiger partial charge in [0.05, 0.1) is 24.6 Å². The third-order valence-corrected chi connectivity index (χ3v) is 5.53. The second-order valence-electron chi connectivity index (χ2n) is 8.68. The first-order valence-electron chi connectivity index (χ1n) is 11.2. The predicted octanol–water partition coefficient (Wildman–Crippen LogP) is 1.66. The third kappa shape index (κ3) is 9.47. The number of carboxylic acid groups (broad SMARTS) is 3. The fourth-order valence-electron chi connectivity index (χ4n) is 3.86. The number of nitrogens with zero attached hydrogens (tertiary/aromatic N) is 3. The van der Waals surface area contributed by atoms with Gasteiger partial charge in [-0.1, -0.05) is 30.3 Å². The molecule has 2 heterocycles. The van der Waals surface area contributed by atoms with Crippen LogP contribution in [0, 0.1) is 6.92 Å². The molecule has 1 unspecified atom stereocenters. The summed E-state index contributed by atoms with van der Waals surface area (Å²) in [5.74, 6) is -5.02. The number of carbonyl (C=O) groups is 3. The fourth-order valence-corrected chi connectivity index (χ4v) is 3.86. The van der Waals surface area contributed by atoms with Crippen molar-refractivity contribution in [2.75, 3.05) is 13.2 Å². The Morgan fingerprint density at radius 1 is 1.11 bits per heavy atom. The lowest BCUT2D eigenvalue weighted by molar-refractivity contribution is -0.170. The molecule has 0 radical (unpaired) electrons. The van der Waals surface area contributed by atoms with E-state index in [1.807, 2.05) is 11.7 Å². The number of aliphatic carboxylic acids is 3. The van der Waals surface area contributed by atoms with Gasteiger partial charge in [0.1, 0.15) is 0 Å². The zero-order chi connectivity index (χ0) is 26.0. The Balaban J connectivity index is 0.000000287. The van der Waals surface area contributed by atoms with E-state index in [0.717, 1.165) is 31.9 Å². The Morgan fingerprint density at radius 3 is 2.20 bits per heavy atom. The summed E-state index contributed by atoms with van der Waals surface area (Å²) >= 11 is 0. The highest BCUT2D eigenvalue weighted by atomic mass is 16.5.